The average molecular weight is 385 g/mol. The van der Waals surface area contributed by atoms with Crippen molar-refractivity contribution in [2.45, 2.75) is 64.2 Å². The third-order valence-corrected chi connectivity index (χ3v) is 6.72. The van der Waals surface area contributed by atoms with E-state index in [2.05, 4.69) is 26.2 Å². The minimum atomic E-state index is 0.197. The monoisotopic (exact) mass is 384 g/mol. The summed E-state index contributed by atoms with van der Waals surface area (Å²) < 4.78 is 0.967. The number of aromatic nitrogens is 1. The lowest BCUT2D eigenvalue weighted by molar-refractivity contribution is -0.124. The van der Waals surface area contributed by atoms with Crippen molar-refractivity contribution in [1.29, 1.82) is 0 Å². The van der Waals surface area contributed by atoms with Gasteiger partial charge in [-0.15, -0.1) is 0 Å². The molecular weight excluding hydrogens is 360 g/mol. The van der Waals surface area contributed by atoms with E-state index >= 15 is 0 Å². The predicted octanol–water partition coefficient (Wildman–Crippen LogP) is 5.62. The zero-order valence-corrected chi connectivity index (χ0v) is 15.4. The van der Waals surface area contributed by atoms with Crippen LogP contribution in [0.15, 0.2) is 9.98 Å². The molecule has 0 aromatic carbocycles. The number of carbonyl (C=O) groups excluding carboxylic acids is 1. The molecule has 0 saturated heterocycles. The zero-order chi connectivity index (χ0) is 15.4. The number of thiazole rings is 1. The summed E-state index contributed by atoms with van der Waals surface area (Å²) in [7, 11) is 0. The molecular formula is C17H25BrN2OS. The zero-order valence-electron chi connectivity index (χ0n) is 13.0. The molecule has 1 aromatic heterocycles. The molecule has 5 heteroatoms. The fourth-order valence-electron chi connectivity index (χ4n) is 4.30. The maximum Gasteiger partial charge on any atom is 0.229 e. The molecule has 1 heterocycles. The van der Waals surface area contributed by atoms with Gasteiger partial charge in [0.25, 0.3) is 0 Å². The van der Waals surface area contributed by atoms with Gasteiger partial charge in [-0.2, -0.15) is 0 Å². The highest BCUT2D eigenvalue weighted by molar-refractivity contribution is 9.11. The van der Waals surface area contributed by atoms with Gasteiger partial charge in [-0.1, -0.05) is 49.9 Å². The molecule has 0 aliphatic heterocycles. The number of anilines is 1. The van der Waals surface area contributed by atoms with Gasteiger partial charge < -0.3 is 5.32 Å². The van der Waals surface area contributed by atoms with Crippen molar-refractivity contribution in [2.75, 3.05) is 5.32 Å². The van der Waals surface area contributed by atoms with Crippen molar-refractivity contribution < 1.29 is 4.79 Å². The van der Waals surface area contributed by atoms with Crippen LogP contribution in [0.5, 0.6) is 0 Å². The maximum atomic E-state index is 13.0. The second kappa shape index (κ2) is 7.91. The van der Waals surface area contributed by atoms with E-state index in [-0.39, 0.29) is 11.8 Å². The summed E-state index contributed by atoms with van der Waals surface area (Å²) in [4.78, 5) is 17.2. The molecule has 122 valence electrons. The van der Waals surface area contributed by atoms with Gasteiger partial charge >= 0.3 is 0 Å². The van der Waals surface area contributed by atoms with Gasteiger partial charge in [0.15, 0.2) is 5.13 Å². The molecule has 1 aromatic rings. The number of carbonyl (C=O) groups is 1. The fraction of sp³-hybridized carbons (Fsp3) is 0.765. The smallest absolute Gasteiger partial charge is 0.229 e. The summed E-state index contributed by atoms with van der Waals surface area (Å²) in [6.45, 7) is 0. The normalized spacial score (nSPS) is 21.2. The minimum absolute atomic E-state index is 0.197. The fourth-order valence-corrected chi connectivity index (χ4v) is 5.41. The van der Waals surface area contributed by atoms with Crippen molar-refractivity contribution in [3.63, 3.8) is 0 Å². The molecule has 0 atom stereocenters. The van der Waals surface area contributed by atoms with Crippen LogP contribution in [0.25, 0.3) is 0 Å². The van der Waals surface area contributed by atoms with Gasteiger partial charge in [0, 0.05) is 5.92 Å². The Morgan fingerprint density at radius 1 is 1.09 bits per heavy atom. The SMILES string of the molecule is O=C(Nc1ncc(Br)s1)C(C1CCCCC1)C1CCCCC1. The topological polar surface area (TPSA) is 42.0 Å². The van der Waals surface area contributed by atoms with Gasteiger partial charge in [-0.05, 0) is 53.4 Å². The summed E-state index contributed by atoms with van der Waals surface area (Å²) in [6, 6.07) is 0. The number of amides is 1. The van der Waals surface area contributed by atoms with Crippen molar-refractivity contribution in [3.05, 3.63) is 9.98 Å². The Morgan fingerprint density at radius 3 is 2.09 bits per heavy atom. The minimum Gasteiger partial charge on any atom is -0.302 e. The maximum absolute atomic E-state index is 13.0. The van der Waals surface area contributed by atoms with Crippen LogP contribution < -0.4 is 5.32 Å². The van der Waals surface area contributed by atoms with Crippen LogP contribution in [-0.4, -0.2) is 10.9 Å². The second-order valence-corrected chi connectivity index (χ2v) is 9.19. The predicted molar refractivity (Wildman–Crippen MR) is 95.1 cm³/mol. The van der Waals surface area contributed by atoms with Crippen molar-refractivity contribution >= 4 is 38.3 Å². The quantitative estimate of drug-likeness (QED) is 0.731. The van der Waals surface area contributed by atoms with Crippen LogP contribution in [0, 0.1) is 17.8 Å². The lowest BCUT2D eigenvalue weighted by atomic mass is 9.69. The Labute approximate surface area is 145 Å². The Kier molecular flexibility index (Phi) is 5.91. The van der Waals surface area contributed by atoms with Crippen LogP contribution in [0.2, 0.25) is 0 Å². The highest BCUT2D eigenvalue weighted by atomic mass is 79.9. The first-order valence-electron chi connectivity index (χ1n) is 8.66. The Balaban J connectivity index is 1.72. The number of hydrogen-bond acceptors (Lipinski definition) is 3. The van der Waals surface area contributed by atoms with E-state index in [9.17, 15) is 4.79 Å². The number of nitrogens with zero attached hydrogens (tertiary/aromatic N) is 1. The highest BCUT2D eigenvalue weighted by Gasteiger charge is 2.36. The van der Waals surface area contributed by atoms with Crippen LogP contribution >= 0.6 is 27.3 Å². The first-order valence-corrected chi connectivity index (χ1v) is 10.3. The molecule has 1 amide bonds. The molecule has 0 spiro atoms. The van der Waals surface area contributed by atoms with E-state index in [1.807, 2.05) is 0 Å². The molecule has 2 fully saturated rings. The van der Waals surface area contributed by atoms with Crippen LogP contribution in [0.1, 0.15) is 64.2 Å². The van der Waals surface area contributed by atoms with E-state index in [4.69, 9.17) is 0 Å². The van der Waals surface area contributed by atoms with Crippen molar-refractivity contribution in [1.82, 2.24) is 4.98 Å². The van der Waals surface area contributed by atoms with Crippen molar-refractivity contribution in [3.8, 4) is 0 Å². The summed E-state index contributed by atoms with van der Waals surface area (Å²) in [5, 5.41) is 3.83. The number of halogens is 1. The summed E-state index contributed by atoms with van der Waals surface area (Å²) in [5.41, 5.74) is 0. The van der Waals surface area contributed by atoms with Crippen LogP contribution in [0.3, 0.4) is 0 Å². The molecule has 3 rings (SSSR count). The van der Waals surface area contributed by atoms with E-state index in [1.165, 1.54) is 75.5 Å². The molecule has 0 bridgehead atoms. The first kappa shape index (κ1) is 16.4. The molecule has 1 N–H and O–H groups in total. The summed E-state index contributed by atoms with van der Waals surface area (Å²) in [5.74, 6) is 1.59. The Bertz CT molecular complexity index is 475. The number of rotatable bonds is 4. The van der Waals surface area contributed by atoms with Crippen LogP contribution in [-0.2, 0) is 4.79 Å². The van der Waals surface area contributed by atoms with Gasteiger partial charge in [0.05, 0.1) is 9.98 Å². The Hall–Kier alpha value is -0.420. The molecule has 0 unspecified atom stereocenters. The third kappa shape index (κ3) is 4.10. The van der Waals surface area contributed by atoms with Gasteiger partial charge in [-0.3, -0.25) is 4.79 Å². The largest absolute Gasteiger partial charge is 0.302 e. The van der Waals surface area contributed by atoms with E-state index in [1.54, 1.807) is 6.20 Å². The van der Waals surface area contributed by atoms with Gasteiger partial charge in [0.2, 0.25) is 5.91 Å². The molecule has 0 radical (unpaired) electrons. The standard InChI is InChI=1S/C17H25BrN2OS/c18-14-11-19-17(22-14)20-16(21)15(12-7-3-1-4-8-12)13-9-5-2-6-10-13/h11-13,15H,1-10H2,(H,19,20,21). The third-order valence-electron chi connectivity index (χ3n) is 5.33. The second-order valence-electron chi connectivity index (χ2n) is 6.78. The number of hydrogen-bond donors (Lipinski definition) is 1. The lowest BCUT2D eigenvalue weighted by Crippen LogP contribution is -2.37. The molecule has 2 aliphatic rings. The highest BCUT2D eigenvalue weighted by Crippen LogP contribution is 2.40. The molecule has 2 saturated carbocycles. The molecule has 22 heavy (non-hydrogen) atoms. The summed E-state index contributed by atoms with van der Waals surface area (Å²) in [6.07, 6.45) is 14.6. The number of nitrogens with one attached hydrogen (secondary N) is 1. The summed E-state index contributed by atoms with van der Waals surface area (Å²) >= 11 is 4.92. The molecule has 2 aliphatic carbocycles. The Morgan fingerprint density at radius 2 is 1.64 bits per heavy atom. The molecule has 3 nitrogen and oxygen atoms in total. The van der Waals surface area contributed by atoms with E-state index in [0.29, 0.717) is 11.8 Å². The average Bonchev–Trinajstić information content (AvgIpc) is 2.95. The van der Waals surface area contributed by atoms with E-state index in [0.717, 1.165) is 8.92 Å². The van der Waals surface area contributed by atoms with Gasteiger partial charge in [-0.25, -0.2) is 4.98 Å². The van der Waals surface area contributed by atoms with Crippen molar-refractivity contribution in [2.24, 2.45) is 17.8 Å². The first-order chi connectivity index (χ1) is 10.7. The van der Waals surface area contributed by atoms with Crippen LogP contribution in [0.4, 0.5) is 5.13 Å². The lowest BCUT2D eigenvalue weighted by Gasteiger charge is -2.36. The van der Waals surface area contributed by atoms with Gasteiger partial charge in [0.1, 0.15) is 0 Å². The van der Waals surface area contributed by atoms with E-state index < -0.39 is 0 Å².